The molecule has 3 aromatic rings. The number of benzene rings is 1. The van der Waals surface area contributed by atoms with E-state index in [4.69, 9.17) is 1.37 Å². The molecule has 0 unspecified atom stereocenters. The molecule has 5 nitrogen and oxygen atoms in total. The van der Waals surface area contributed by atoms with Gasteiger partial charge in [0.05, 0.1) is 13.3 Å². The van der Waals surface area contributed by atoms with E-state index in [1.807, 2.05) is 12.1 Å². The molecule has 0 N–H and O–H groups in total. The summed E-state index contributed by atoms with van der Waals surface area (Å²) in [5, 5.41) is 7.81. The summed E-state index contributed by atoms with van der Waals surface area (Å²) in [4.78, 5) is 15.5. The van der Waals surface area contributed by atoms with E-state index >= 15 is 0 Å². The monoisotopic (exact) mass is 251 g/mol. The van der Waals surface area contributed by atoms with Gasteiger partial charge in [0, 0.05) is 29.8 Å². The lowest BCUT2D eigenvalue weighted by Gasteiger charge is -2.05. The molecule has 0 saturated carbocycles. The first-order valence-corrected chi connectivity index (χ1v) is 5.67. The first-order valence-electron chi connectivity index (χ1n) is 6.17. The average Bonchev–Trinajstić information content (AvgIpc) is 2.49. The summed E-state index contributed by atoms with van der Waals surface area (Å²) < 4.78 is 9.45. The smallest absolute Gasteiger partial charge is 0.273 e. The number of nitrogens with zero attached hydrogens (tertiary/aromatic N) is 4. The van der Waals surface area contributed by atoms with Crippen molar-refractivity contribution in [1.82, 2.24) is 19.7 Å². The highest BCUT2D eigenvalue weighted by atomic mass is 16.1. The average molecular weight is 251 g/mol. The molecule has 92 valence electrons. The van der Waals surface area contributed by atoms with Gasteiger partial charge in [-0.2, -0.15) is 10.2 Å². The quantitative estimate of drug-likeness (QED) is 0.695. The van der Waals surface area contributed by atoms with Crippen LogP contribution in [0.4, 0.5) is 0 Å². The molecule has 3 rings (SSSR count). The number of rotatable bonds is 2. The number of hydrogen-bond acceptors (Lipinski definition) is 4. The molecule has 0 fully saturated rings. The summed E-state index contributed by atoms with van der Waals surface area (Å²) >= 11 is 0. The Kier molecular flexibility index (Phi) is 2.57. The van der Waals surface area contributed by atoms with Crippen LogP contribution in [0, 0.1) is 0 Å². The van der Waals surface area contributed by atoms with Gasteiger partial charge in [0.25, 0.3) is 5.56 Å². The minimum Gasteiger partial charge on any atom is -0.281 e. The second-order valence-electron chi connectivity index (χ2n) is 3.86. The van der Waals surface area contributed by atoms with Gasteiger partial charge < -0.3 is 0 Å². The third-order valence-electron chi connectivity index (χ3n) is 2.65. The fourth-order valence-electron chi connectivity index (χ4n) is 1.73. The summed E-state index contributed by atoms with van der Waals surface area (Å²) in [7, 11) is 0. The van der Waals surface area contributed by atoms with Gasteiger partial charge in [-0.15, -0.1) is 0 Å². The lowest BCUT2D eigenvalue weighted by atomic mass is 10.1. The molecule has 0 aliphatic carbocycles. The van der Waals surface area contributed by atoms with E-state index in [1.165, 1.54) is 23.2 Å². The van der Waals surface area contributed by atoms with Crippen molar-refractivity contribution >= 4 is 0 Å². The van der Waals surface area contributed by atoms with Gasteiger partial charge in [-0.05, 0) is 24.2 Å². The largest absolute Gasteiger partial charge is 0.281 e. The van der Waals surface area contributed by atoms with E-state index in [-0.39, 0.29) is 11.6 Å². The molecule has 0 aliphatic rings. The maximum Gasteiger partial charge on any atom is 0.273 e. The highest BCUT2D eigenvalue weighted by molar-refractivity contribution is 5.60. The summed E-state index contributed by atoms with van der Waals surface area (Å²) in [6, 6.07) is 9.03. The van der Waals surface area contributed by atoms with Gasteiger partial charge in [0.15, 0.2) is 0 Å². The van der Waals surface area contributed by atoms with Crippen LogP contribution >= 0.6 is 0 Å². The van der Waals surface area contributed by atoms with Gasteiger partial charge in [0.2, 0.25) is 0 Å². The molecule has 19 heavy (non-hydrogen) atoms. The molecule has 2 aromatic heterocycles. The first kappa shape index (κ1) is 10.1. The van der Waals surface area contributed by atoms with Crippen LogP contribution in [0.5, 0.6) is 0 Å². The lowest BCUT2D eigenvalue weighted by Crippen LogP contribution is -2.16. The Morgan fingerprint density at radius 1 is 1.16 bits per heavy atom. The molecular weight excluding hydrogens is 240 g/mol. The molecule has 5 heteroatoms. The Labute approximate surface area is 110 Å². The Hall–Kier alpha value is -2.82. The zero-order valence-corrected chi connectivity index (χ0v) is 9.89. The number of hydrogen-bond donors (Lipinski definition) is 0. The van der Waals surface area contributed by atoms with E-state index in [2.05, 4.69) is 15.2 Å². The van der Waals surface area contributed by atoms with E-state index in [9.17, 15) is 4.79 Å². The minimum absolute atomic E-state index is 0.237. The van der Waals surface area contributed by atoms with Crippen LogP contribution in [0.25, 0.3) is 16.9 Å². The molecule has 0 spiro atoms. The maximum atomic E-state index is 11.7. The van der Waals surface area contributed by atoms with Gasteiger partial charge in [-0.3, -0.25) is 14.3 Å². The molecule has 0 atom stereocenters. The van der Waals surface area contributed by atoms with Gasteiger partial charge in [0.1, 0.15) is 0 Å². The maximum absolute atomic E-state index is 11.7. The lowest BCUT2D eigenvalue weighted by molar-refractivity contribution is 0.956. The van der Waals surface area contributed by atoms with Gasteiger partial charge in [-0.1, -0.05) is 12.1 Å². The van der Waals surface area contributed by atoms with Crippen molar-refractivity contribution in [3.8, 4) is 16.9 Å². The zero-order chi connectivity index (χ0) is 13.9. The standard InChI is InChI=1S/C14H10N4O/c19-14-10-15-8-9-18(14)12-5-3-11(4-6-12)13-2-1-7-16-17-13/h1-10H/i5D. The molecule has 0 radical (unpaired) electrons. The Balaban J connectivity index is 2.09. The van der Waals surface area contributed by atoms with E-state index in [1.54, 1.807) is 24.4 Å². The molecule has 0 saturated heterocycles. The van der Waals surface area contributed by atoms with Crippen LogP contribution in [0.2, 0.25) is 0 Å². The molecule has 0 aliphatic heterocycles. The summed E-state index contributed by atoms with van der Waals surface area (Å²) in [6.45, 7) is 0. The van der Waals surface area contributed by atoms with Crippen LogP contribution in [0.15, 0.2) is 66.0 Å². The predicted octanol–water partition coefficient (Wildman–Crippen LogP) is 1.69. The number of aromatic nitrogens is 4. The van der Waals surface area contributed by atoms with E-state index in [0.717, 1.165) is 5.56 Å². The van der Waals surface area contributed by atoms with Crippen LogP contribution in [-0.4, -0.2) is 19.7 Å². The Bertz CT molecular complexity index is 802. The van der Waals surface area contributed by atoms with Crippen molar-refractivity contribution in [3.05, 3.63) is 71.5 Å². The van der Waals surface area contributed by atoms with Crippen molar-refractivity contribution in [3.63, 3.8) is 0 Å². The SMILES string of the molecule is [2H]c1cc(-c2cccnn2)ccc1-n1ccncc1=O. The molecule has 0 amide bonds. The zero-order valence-electron chi connectivity index (χ0n) is 10.9. The molecular formula is C14H10N4O. The van der Waals surface area contributed by atoms with Crippen LogP contribution in [0.1, 0.15) is 1.37 Å². The third-order valence-corrected chi connectivity index (χ3v) is 2.65. The highest BCUT2D eigenvalue weighted by Crippen LogP contribution is 2.17. The van der Waals surface area contributed by atoms with Gasteiger partial charge in [-0.25, -0.2) is 0 Å². The summed E-state index contributed by atoms with van der Waals surface area (Å²) in [5.74, 6) is 0. The van der Waals surface area contributed by atoms with E-state index < -0.39 is 0 Å². The summed E-state index contributed by atoms with van der Waals surface area (Å²) in [6.07, 6.45) is 5.86. The molecule has 0 bridgehead atoms. The second kappa shape index (κ2) is 4.81. The Morgan fingerprint density at radius 2 is 2.11 bits per heavy atom. The van der Waals surface area contributed by atoms with E-state index in [0.29, 0.717) is 11.4 Å². The van der Waals surface area contributed by atoms with Crippen molar-refractivity contribution in [2.45, 2.75) is 0 Å². The van der Waals surface area contributed by atoms with Crippen LogP contribution in [-0.2, 0) is 0 Å². The fourth-order valence-corrected chi connectivity index (χ4v) is 1.73. The van der Waals surface area contributed by atoms with Crippen molar-refractivity contribution < 1.29 is 1.37 Å². The minimum atomic E-state index is -0.270. The normalized spacial score (nSPS) is 11.1. The second-order valence-corrected chi connectivity index (χ2v) is 3.86. The highest BCUT2D eigenvalue weighted by Gasteiger charge is 2.01. The van der Waals surface area contributed by atoms with Crippen molar-refractivity contribution in [2.24, 2.45) is 0 Å². The predicted molar refractivity (Wildman–Crippen MR) is 70.9 cm³/mol. The fraction of sp³-hybridized carbons (Fsp3) is 0. The summed E-state index contributed by atoms with van der Waals surface area (Å²) in [5.41, 5.74) is 1.71. The van der Waals surface area contributed by atoms with Gasteiger partial charge >= 0.3 is 0 Å². The van der Waals surface area contributed by atoms with Crippen LogP contribution < -0.4 is 5.56 Å². The van der Waals surface area contributed by atoms with Crippen LogP contribution in [0.3, 0.4) is 0 Å². The first-order chi connectivity index (χ1) is 9.75. The third kappa shape index (κ3) is 2.26. The Morgan fingerprint density at radius 3 is 2.84 bits per heavy atom. The van der Waals surface area contributed by atoms with Crippen molar-refractivity contribution in [2.75, 3.05) is 0 Å². The van der Waals surface area contributed by atoms with Crippen molar-refractivity contribution in [1.29, 1.82) is 0 Å². The molecule has 2 heterocycles. The topological polar surface area (TPSA) is 60.7 Å². The molecule has 1 aromatic carbocycles.